The van der Waals surface area contributed by atoms with Gasteiger partial charge in [0.2, 0.25) is 0 Å². The number of nitrogens with zero attached hydrogens (tertiary/aromatic N) is 3. The quantitative estimate of drug-likeness (QED) is 0.681. The second kappa shape index (κ2) is 5.37. The Hall–Kier alpha value is -2.30. The standard InChI is InChI=1S/C15H16BN3O/c1-16(9-12-6-4-3-5-7-12)19-15-8-13(20-2)10-17-14(15)11-18-19/h3-8,10-11H,9H2,1-2H3. The second-order valence-corrected chi connectivity index (χ2v) is 4.91. The van der Waals surface area contributed by atoms with Gasteiger partial charge in [-0.15, -0.1) is 0 Å². The van der Waals surface area contributed by atoms with E-state index in [0.29, 0.717) is 0 Å². The highest BCUT2D eigenvalue weighted by atomic mass is 16.5. The number of hydrogen-bond donors (Lipinski definition) is 0. The van der Waals surface area contributed by atoms with Gasteiger partial charge in [0, 0.05) is 6.07 Å². The summed E-state index contributed by atoms with van der Waals surface area (Å²) in [5.41, 5.74) is 3.21. The molecule has 5 heteroatoms. The van der Waals surface area contributed by atoms with Crippen molar-refractivity contribution in [2.75, 3.05) is 7.11 Å². The molecule has 0 spiro atoms. The summed E-state index contributed by atoms with van der Waals surface area (Å²) in [7, 11) is 1.65. The van der Waals surface area contributed by atoms with Crippen LogP contribution in [0.3, 0.4) is 0 Å². The number of benzene rings is 1. The lowest BCUT2D eigenvalue weighted by Gasteiger charge is -2.10. The molecule has 0 amide bonds. The highest BCUT2D eigenvalue weighted by Gasteiger charge is 2.16. The number of aromatic nitrogens is 3. The maximum absolute atomic E-state index is 5.24. The SMILES string of the molecule is COc1cnc2cnn(B(C)Cc3ccccc3)c2c1. The molecule has 0 atom stereocenters. The van der Waals surface area contributed by atoms with E-state index in [1.165, 1.54) is 5.56 Å². The Balaban J connectivity index is 1.93. The van der Waals surface area contributed by atoms with Crippen LogP contribution in [0.25, 0.3) is 11.0 Å². The molecule has 1 aromatic carbocycles. The van der Waals surface area contributed by atoms with E-state index < -0.39 is 0 Å². The van der Waals surface area contributed by atoms with Crippen molar-refractivity contribution in [1.82, 2.24) is 14.7 Å². The molecule has 0 aliphatic carbocycles. The van der Waals surface area contributed by atoms with E-state index in [2.05, 4.69) is 41.2 Å². The molecule has 20 heavy (non-hydrogen) atoms. The van der Waals surface area contributed by atoms with Crippen molar-refractivity contribution in [3.8, 4) is 5.75 Å². The van der Waals surface area contributed by atoms with Gasteiger partial charge in [-0.05, 0) is 6.32 Å². The number of rotatable bonds is 4. The van der Waals surface area contributed by atoms with Gasteiger partial charge >= 0.3 is 0 Å². The lowest BCUT2D eigenvalue weighted by Crippen LogP contribution is -2.24. The maximum atomic E-state index is 5.24. The number of methoxy groups -OCH3 is 1. The summed E-state index contributed by atoms with van der Waals surface area (Å²) in [6.07, 6.45) is 4.46. The van der Waals surface area contributed by atoms with E-state index >= 15 is 0 Å². The van der Waals surface area contributed by atoms with Crippen LogP contribution < -0.4 is 4.74 Å². The van der Waals surface area contributed by atoms with E-state index in [-0.39, 0.29) is 6.85 Å². The van der Waals surface area contributed by atoms with Crippen LogP contribution in [0.4, 0.5) is 0 Å². The fourth-order valence-electron chi connectivity index (χ4n) is 2.41. The van der Waals surface area contributed by atoms with Crippen LogP contribution in [0.1, 0.15) is 5.56 Å². The van der Waals surface area contributed by atoms with Gasteiger partial charge in [-0.25, -0.2) is 4.98 Å². The topological polar surface area (TPSA) is 39.9 Å². The van der Waals surface area contributed by atoms with Crippen molar-refractivity contribution >= 4 is 17.9 Å². The molecule has 0 fully saturated rings. The van der Waals surface area contributed by atoms with Crippen molar-refractivity contribution < 1.29 is 4.74 Å². The Bertz CT molecular complexity index is 711. The van der Waals surface area contributed by atoms with Crippen molar-refractivity contribution in [2.45, 2.75) is 13.1 Å². The summed E-state index contributed by atoms with van der Waals surface area (Å²) in [6, 6.07) is 12.4. The predicted octanol–water partition coefficient (Wildman–Crippen LogP) is 2.69. The average molecular weight is 265 g/mol. The fourth-order valence-corrected chi connectivity index (χ4v) is 2.41. The summed E-state index contributed by atoms with van der Waals surface area (Å²) in [5.74, 6) is 0.756. The molecular formula is C15H16BN3O. The third-order valence-corrected chi connectivity index (χ3v) is 3.45. The molecule has 0 saturated carbocycles. The summed E-state index contributed by atoms with van der Waals surface area (Å²) in [4.78, 5) is 4.35. The largest absolute Gasteiger partial charge is 0.495 e. The van der Waals surface area contributed by atoms with Crippen LogP contribution >= 0.6 is 0 Å². The minimum Gasteiger partial charge on any atom is -0.495 e. The molecule has 0 radical (unpaired) electrons. The summed E-state index contributed by atoms with van der Waals surface area (Å²) in [5, 5.41) is 4.47. The Morgan fingerprint density at radius 1 is 1.20 bits per heavy atom. The van der Waals surface area contributed by atoms with Crippen LogP contribution in [-0.4, -0.2) is 28.6 Å². The minimum absolute atomic E-state index is 0.267. The molecule has 0 unspecified atom stereocenters. The number of fused-ring (bicyclic) bond motifs is 1. The van der Waals surface area contributed by atoms with Gasteiger partial charge in [-0.1, -0.05) is 42.7 Å². The molecule has 100 valence electrons. The second-order valence-electron chi connectivity index (χ2n) is 4.91. The maximum Gasteiger partial charge on any atom is 0.285 e. The first-order valence-electron chi connectivity index (χ1n) is 6.69. The lowest BCUT2D eigenvalue weighted by atomic mass is 9.60. The molecule has 0 bridgehead atoms. The van der Waals surface area contributed by atoms with Gasteiger partial charge in [0.05, 0.1) is 25.0 Å². The number of pyridine rings is 1. The molecule has 0 N–H and O–H groups in total. The third kappa shape index (κ3) is 2.39. The average Bonchev–Trinajstić information content (AvgIpc) is 2.91. The zero-order valence-electron chi connectivity index (χ0n) is 11.7. The molecule has 3 aromatic rings. The normalized spacial score (nSPS) is 10.7. The van der Waals surface area contributed by atoms with Crippen LogP contribution in [0.15, 0.2) is 48.8 Å². The van der Waals surface area contributed by atoms with Crippen LogP contribution in [-0.2, 0) is 6.32 Å². The minimum atomic E-state index is 0.267. The monoisotopic (exact) mass is 265 g/mol. The highest BCUT2D eigenvalue weighted by Crippen LogP contribution is 2.18. The molecule has 3 rings (SSSR count). The first-order chi connectivity index (χ1) is 9.78. The molecule has 2 aromatic heterocycles. The predicted molar refractivity (Wildman–Crippen MR) is 81.2 cm³/mol. The van der Waals surface area contributed by atoms with E-state index in [0.717, 1.165) is 23.1 Å². The zero-order valence-corrected chi connectivity index (χ0v) is 11.7. The Morgan fingerprint density at radius 2 is 2.00 bits per heavy atom. The van der Waals surface area contributed by atoms with Gasteiger partial charge in [0.25, 0.3) is 6.85 Å². The lowest BCUT2D eigenvalue weighted by molar-refractivity contribution is 0.413. The van der Waals surface area contributed by atoms with Gasteiger partial charge in [-0.3, -0.25) is 0 Å². The van der Waals surface area contributed by atoms with E-state index in [1.54, 1.807) is 19.5 Å². The smallest absolute Gasteiger partial charge is 0.285 e. The number of ether oxygens (including phenoxy) is 1. The highest BCUT2D eigenvalue weighted by molar-refractivity contribution is 6.55. The first kappa shape index (κ1) is 12.7. The van der Waals surface area contributed by atoms with Crippen molar-refractivity contribution in [2.24, 2.45) is 0 Å². The Morgan fingerprint density at radius 3 is 2.75 bits per heavy atom. The van der Waals surface area contributed by atoms with Gasteiger partial charge in [0.1, 0.15) is 11.3 Å². The van der Waals surface area contributed by atoms with Crippen LogP contribution in [0.2, 0.25) is 6.82 Å². The van der Waals surface area contributed by atoms with Crippen LogP contribution in [0.5, 0.6) is 5.75 Å². The number of hydrogen-bond acceptors (Lipinski definition) is 3. The van der Waals surface area contributed by atoms with Gasteiger partial charge < -0.3 is 9.33 Å². The molecule has 2 heterocycles. The van der Waals surface area contributed by atoms with E-state index in [4.69, 9.17) is 4.74 Å². The zero-order chi connectivity index (χ0) is 13.9. The third-order valence-electron chi connectivity index (χ3n) is 3.45. The summed E-state index contributed by atoms with van der Waals surface area (Å²) >= 11 is 0. The Labute approximate surface area is 118 Å². The first-order valence-corrected chi connectivity index (χ1v) is 6.69. The van der Waals surface area contributed by atoms with Crippen molar-refractivity contribution in [3.63, 3.8) is 0 Å². The fraction of sp³-hybridized carbons (Fsp3) is 0.200. The Kier molecular flexibility index (Phi) is 3.42. The molecule has 0 aliphatic heterocycles. The van der Waals surface area contributed by atoms with E-state index in [9.17, 15) is 0 Å². The molecule has 4 nitrogen and oxygen atoms in total. The van der Waals surface area contributed by atoms with Gasteiger partial charge in [-0.2, -0.15) is 5.10 Å². The van der Waals surface area contributed by atoms with Crippen molar-refractivity contribution in [1.29, 1.82) is 0 Å². The molecule has 0 saturated heterocycles. The summed E-state index contributed by atoms with van der Waals surface area (Å²) in [6.45, 7) is 2.43. The molecule has 0 aliphatic rings. The molecular weight excluding hydrogens is 249 g/mol. The summed E-state index contributed by atoms with van der Waals surface area (Å²) < 4.78 is 7.25. The van der Waals surface area contributed by atoms with Gasteiger partial charge in [0.15, 0.2) is 0 Å². The van der Waals surface area contributed by atoms with E-state index in [1.807, 2.05) is 16.7 Å². The van der Waals surface area contributed by atoms with Crippen molar-refractivity contribution in [3.05, 3.63) is 54.4 Å². The van der Waals surface area contributed by atoms with Crippen LogP contribution in [0, 0.1) is 0 Å².